The van der Waals surface area contributed by atoms with Crippen molar-refractivity contribution in [3.8, 4) is 0 Å². The molecule has 2 saturated heterocycles. The Morgan fingerprint density at radius 2 is 1.65 bits per heavy atom. The van der Waals surface area contributed by atoms with Gasteiger partial charge in [-0.15, -0.1) is 0 Å². The van der Waals surface area contributed by atoms with Crippen molar-refractivity contribution in [2.24, 2.45) is 52.3 Å². The minimum absolute atomic E-state index is 0.0853. The molecular weight excluding hydrogens is 576 g/mol. The molecule has 1 spiro atoms. The third-order valence-electron chi connectivity index (χ3n) is 15.4. The van der Waals surface area contributed by atoms with Gasteiger partial charge in [0.2, 0.25) is 0 Å². The molecule has 0 aromatic carbocycles. The average Bonchev–Trinajstić information content (AvgIpc) is 3.50. The summed E-state index contributed by atoms with van der Waals surface area (Å²) in [7, 11) is 1.63. The lowest BCUT2D eigenvalue weighted by molar-refractivity contribution is -0.273. The summed E-state index contributed by atoms with van der Waals surface area (Å²) in [6.07, 6.45) is 18.4. The van der Waals surface area contributed by atoms with Gasteiger partial charge in [0.1, 0.15) is 0 Å². The fraction of sp³-hybridized carbons (Fsp3) is 0.947. The van der Waals surface area contributed by atoms with Gasteiger partial charge >= 0.3 is 12.1 Å². The molecule has 46 heavy (non-hydrogen) atoms. The summed E-state index contributed by atoms with van der Waals surface area (Å²) in [5.41, 5.74) is 0.741. The van der Waals surface area contributed by atoms with E-state index in [1.807, 2.05) is 4.90 Å². The third kappa shape index (κ3) is 5.57. The molecule has 2 heterocycles. The van der Waals surface area contributed by atoms with Crippen LogP contribution in [-0.2, 0) is 9.47 Å². The monoisotopic (exact) mass is 640 g/mol. The molecule has 8 heteroatoms. The highest BCUT2D eigenvalue weighted by Crippen LogP contribution is 2.71. The molecule has 0 radical (unpaired) electrons. The van der Waals surface area contributed by atoms with Crippen LogP contribution in [0.2, 0.25) is 0 Å². The van der Waals surface area contributed by atoms with Gasteiger partial charge in [-0.3, -0.25) is 0 Å². The maximum absolute atomic E-state index is 13.8. The van der Waals surface area contributed by atoms with Gasteiger partial charge in [0.25, 0.3) is 0 Å². The van der Waals surface area contributed by atoms with Crippen LogP contribution < -0.4 is 16.0 Å². The number of rotatable bonds is 5. The van der Waals surface area contributed by atoms with Crippen LogP contribution >= 0.6 is 0 Å². The van der Waals surface area contributed by atoms with E-state index in [1.54, 1.807) is 7.05 Å². The number of nitrogens with one attached hydrogen (secondary N) is 3. The lowest BCUT2D eigenvalue weighted by Gasteiger charge is -2.61. The summed E-state index contributed by atoms with van der Waals surface area (Å²) in [5.74, 6) is 4.49. The van der Waals surface area contributed by atoms with Gasteiger partial charge in [-0.1, -0.05) is 47.0 Å². The van der Waals surface area contributed by atoms with E-state index in [0.29, 0.717) is 53.7 Å². The number of urea groups is 2. The van der Waals surface area contributed by atoms with Crippen LogP contribution in [0.4, 0.5) is 9.59 Å². The Morgan fingerprint density at radius 3 is 2.39 bits per heavy atom. The first kappa shape index (κ1) is 33.0. The largest absolute Gasteiger partial charge is 0.349 e. The van der Waals surface area contributed by atoms with Crippen molar-refractivity contribution in [1.82, 2.24) is 20.9 Å². The van der Waals surface area contributed by atoms with E-state index < -0.39 is 0 Å². The normalized spacial score (nSPS) is 46.8. The summed E-state index contributed by atoms with van der Waals surface area (Å²) in [6.45, 7) is 12.0. The van der Waals surface area contributed by atoms with Crippen molar-refractivity contribution in [2.45, 2.75) is 148 Å². The van der Waals surface area contributed by atoms with Crippen molar-refractivity contribution < 1.29 is 19.1 Å². The van der Waals surface area contributed by atoms with E-state index >= 15 is 0 Å². The van der Waals surface area contributed by atoms with Crippen LogP contribution in [0.25, 0.3) is 0 Å². The summed E-state index contributed by atoms with van der Waals surface area (Å²) in [6, 6.07) is 0.432. The molecule has 7 fully saturated rings. The van der Waals surface area contributed by atoms with E-state index in [0.717, 1.165) is 56.5 Å². The molecule has 3 N–H and O–H groups in total. The number of hydrogen-bond donors (Lipinski definition) is 3. The molecule has 0 aromatic rings. The van der Waals surface area contributed by atoms with Gasteiger partial charge in [-0.2, -0.15) is 0 Å². The maximum Gasteiger partial charge on any atom is 0.317 e. The van der Waals surface area contributed by atoms with E-state index in [2.05, 4.69) is 43.6 Å². The zero-order valence-electron chi connectivity index (χ0n) is 29.6. The van der Waals surface area contributed by atoms with Gasteiger partial charge in [0.15, 0.2) is 5.79 Å². The Morgan fingerprint density at radius 1 is 0.870 bits per heavy atom. The number of nitrogens with zero attached hydrogens (tertiary/aromatic N) is 1. The van der Waals surface area contributed by atoms with Crippen molar-refractivity contribution in [1.29, 1.82) is 0 Å². The lowest BCUT2D eigenvalue weighted by atomic mass is 9.44. The van der Waals surface area contributed by atoms with Crippen LogP contribution in [0, 0.1) is 52.3 Å². The summed E-state index contributed by atoms with van der Waals surface area (Å²) in [5, 5.41) is 9.04. The summed E-state index contributed by atoms with van der Waals surface area (Å²) in [4.78, 5) is 27.6. The number of hydrogen-bond acceptors (Lipinski definition) is 4. The molecule has 4 amide bonds. The SMILES string of the molecule is CNC(=O)NCCN(C(=O)N[C@@H]1CC[C@@]2(C)C(CC[C@H]3[C@@H]4C[C@@H]5O[C@]6(CC[C@H](C)CO6)[C@@H](C)[C@@H]5[C@@]4(C)CC[C@@H]32)C1)C1CCCCC1. The Balaban J connectivity index is 0.987. The maximum atomic E-state index is 13.8. The molecule has 7 rings (SSSR count). The smallest absolute Gasteiger partial charge is 0.317 e. The Labute approximate surface area is 278 Å². The predicted octanol–water partition coefficient (Wildman–Crippen LogP) is 7.07. The van der Waals surface area contributed by atoms with Gasteiger partial charge < -0.3 is 30.3 Å². The molecule has 0 bridgehead atoms. The van der Waals surface area contributed by atoms with Crippen LogP contribution in [0.5, 0.6) is 0 Å². The van der Waals surface area contributed by atoms with E-state index in [4.69, 9.17) is 9.47 Å². The number of amides is 4. The standard InChI is InChI=1S/C38H64N4O4/c1-24-13-18-38(45-23-24)25(2)33-32(46-38)22-31-29-12-11-26-21-27(14-16-36(26,3)30(29)15-17-37(31,33)4)41-35(44)42(20-19-40-34(43)39-5)28-9-7-6-8-10-28/h24-33H,6-23H2,1-5H3,(H,41,44)(H2,39,40,43)/t24-,25-,26?,27+,29+,30-,31-,32-,33-,36-,37-,38+/m0/s1. The molecule has 8 nitrogen and oxygen atoms in total. The van der Waals surface area contributed by atoms with Crippen molar-refractivity contribution >= 4 is 12.1 Å². The fourth-order valence-electron chi connectivity index (χ4n) is 12.9. The number of carbonyl (C=O) groups excluding carboxylic acids is 2. The first-order chi connectivity index (χ1) is 22.1. The number of ether oxygens (including phenoxy) is 2. The topological polar surface area (TPSA) is 91.9 Å². The highest BCUT2D eigenvalue weighted by Gasteiger charge is 2.69. The molecule has 1 unspecified atom stereocenters. The molecule has 260 valence electrons. The Kier molecular flexibility index (Phi) is 9.13. The highest BCUT2D eigenvalue weighted by atomic mass is 16.7. The number of carbonyl (C=O) groups is 2. The van der Waals surface area contributed by atoms with E-state index in [1.165, 1.54) is 64.2 Å². The minimum atomic E-state index is -0.327. The first-order valence-electron chi connectivity index (χ1n) is 19.4. The lowest BCUT2D eigenvalue weighted by Crippen LogP contribution is -2.57. The Hall–Kier alpha value is -1.54. The van der Waals surface area contributed by atoms with Gasteiger partial charge in [0.05, 0.1) is 12.7 Å². The average molecular weight is 641 g/mol. The van der Waals surface area contributed by atoms with Crippen LogP contribution in [0.15, 0.2) is 0 Å². The second kappa shape index (κ2) is 12.7. The quantitative estimate of drug-likeness (QED) is 0.300. The fourth-order valence-corrected chi connectivity index (χ4v) is 12.9. The molecular formula is C38H64N4O4. The van der Waals surface area contributed by atoms with E-state index in [-0.39, 0.29) is 29.9 Å². The highest BCUT2D eigenvalue weighted by molar-refractivity contribution is 5.75. The zero-order chi connectivity index (χ0) is 32.3. The van der Waals surface area contributed by atoms with Crippen molar-refractivity contribution in [3.63, 3.8) is 0 Å². The zero-order valence-corrected chi connectivity index (χ0v) is 29.6. The summed E-state index contributed by atoms with van der Waals surface area (Å²) >= 11 is 0. The van der Waals surface area contributed by atoms with Crippen molar-refractivity contribution in [2.75, 3.05) is 26.7 Å². The molecule has 7 aliphatic rings. The molecule has 5 saturated carbocycles. The molecule has 2 aliphatic heterocycles. The molecule has 0 aromatic heterocycles. The minimum Gasteiger partial charge on any atom is -0.349 e. The second-order valence-corrected chi connectivity index (χ2v) is 17.6. The third-order valence-corrected chi connectivity index (χ3v) is 15.4. The Bertz CT molecular complexity index is 1120. The molecule has 12 atom stereocenters. The van der Waals surface area contributed by atoms with Crippen LogP contribution in [0.1, 0.15) is 124 Å². The summed E-state index contributed by atoms with van der Waals surface area (Å²) < 4.78 is 13.6. The van der Waals surface area contributed by atoms with E-state index in [9.17, 15) is 9.59 Å². The predicted molar refractivity (Wildman–Crippen MR) is 180 cm³/mol. The van der Waals surface area contributed by atoms with Gasteiger partial charge in [0, 0.05) is 44.6 Å². The van der Waals surface area contributed by atoms with Crippen LogP contribution in [0.3, 0.4) is 0 Å². The van der Waals surface area contributed by atoms with Crippen LogP contribution in [-0.4, -0.2) is 67.7 Å². The molecule has 5 aliphatic carbocycles. The van der Waals surface area contributed by atoms with Gasteiger partial charge in [-0.05, 0) is 117 Å². The van der Waals surface area contributed by atoms with Crippen molar-refractivity contribution in [3.05, 3.63) is 0 Å². The van der Waals surface area contributed by atoms with Gasteiger partial charge in [-0.25, -0.2) is 9.59 Å². The second-order valence-electron chi connectivity index (χ2n) is 17.6. The number of fused-ring (bicyclic) bond motifs is 7. The first-order valence-corrected chi connectivity index (χ1v) is 19.4.